The van der Waals surface area contributed by atoms with Gasteiger partial charge < -0.3 is 9.73 Å². The third kappa shape index (κ3) is 7.72. The van der Waals surface area contributed by atoms with E-state index in [1.165, 1.54) is 11.0 Å². The van der Waals surface area contributed by atoms with Crippen molar-refractivity contribution < 1.29 is 18.8 Å². The number of hydrogen-bond acceptors (Lipinski definition) is 5. The standard InChI is InChI=1S/C37H30ClN3O4S/c1-3-5-19-29(4-2)41-36(44)31(23-30-20-21-32(45-30)27-17-12-18-28(38)22-27)35(43)40-37(41)46-24-33(42)39-34(25-13-8-6-9-14-25)26-15-10-7-11-16-26/h3-23,34H,1,24H2,2H3,(H,39,42)/b19-5-,29-4+,31-23+. The maximum Gasteiger partial charge on any atom is 0.285 e. The first-order chi connectivity index (χ1) is 22.4. The molecule has 0 fully saturated rings. The third-order valence-corrected chi connectivity index (χ3v) is 8.11. The van der Waals surface area contributed by atoms with Crippen LogP contribution in [0, 0.1) is 0 Å². The molecule has 1 aromatic heterocycles. The highest BCUT2D eigenvalue weighted by Gasteiger charge is 2.35. The van der Waals surface area contributed by atoms with Crippen LogP contribution in [0.15, 0.2) is 149 Å². The molecule has 2 heterocycles. The van der Waals surface area contributed by atoms with Gasteiger partial charge in [-0.3, -0.25) is 19.3 Å². The van der Waals surface area contributed by atoms with Crippen LogP contribution in [0.2, 0.25) is 5.02 Å². The fraction of sp³-hybridized carbons (Fsp3) is 0.0811. The topological polar surface area (TPSA) is 92.0 Å². The van der Waals surface area contributed by atoms with Crippen molar-refractivity contribution in [2.24, 2.45) is 4.99 Å². The van der Waals surface area contributed by atoms with E-state index in [1.54, 1.807) is 61.6 Å². The molecular formula is C37H30ClN3O4S. The summed E-state index contributed by atoms with van der Waals surface area (Å²) in [5.74, 6) is -0.890. The lowest BCUT2D eigenvalue weighted by atomic mass is 9.99. The average Bonchev–Trinajstić information content (AvgIpc) is 3.55. The first kappa shape index (κ1) is 32.2. The third-order valence-electron chi connectivity index (χ3n) is 6.94. The van der Waals surface area contributed by atoms with Gasteiger partial charge in [0, 0.05) is 16.3 Å². The van der Waals surface area contributed by atoms with Crippen LogP contribution >= 0.6 is 23.4 Å². The lowest BCUT2D eigenvalue weighted by molar-refractivity contribution is -0.126. The van der Waals surface area contributed by atoms with Crippen molar-refractivity contribution in [3.8, 4) is 11.3 Å². The number of benzene rings is 3. The second-order valence-electron chi connectivity index (χ2n) is 10.0. The Labute approximate surface area is 276 Å². The van der Waals surface area contributed by atoms with Gasteiger partial charge in [-0.1, -0.05) is 121 Å². The number of thioether (sulfide) groups is 1. The summed E-state index contributed by atoms with van der Waals surface area (Å²) in [6, 6.07) is 29.5. The summed E-state index contributed by atoms with van der Waals surface area (Å²) in [6.45, 7) is 5.47. The number of hydrogen-bond donors (Lipinski definition) is 1. The van der Waals surface area contributed by atoms with Crippen LogP contribution in [-0.4, -0.2) is 33.5 Å². The van der Waals surface area contributed by atoms with Crippen LogP contribution in [0.4, 0.5) is 0 Å². The molecule has 3 aromatic carbocycles. The van der Waals surface area contributed by atoms with Crippen LogP contribution in [0.1, 0.15) is 29.9 Å². The van der Waals surface area contributed by atoms with Crippen molar-refractivity contribution in [2.75, 3.05) is 5.75 Å². The summed E-state index contributed by atoms with van der Waals surface area (Å²) in [5.41, 5.74) is 2.88. The minimum absolute atomic E-state index is 0.0825. The highest BCUT2D eigenvalue weighted by atomic mass is 35.5. The van der Waals surface area contributed by atoms with Gasteiger partial charge >= 0.3 is 0 Å². The van der Waals surface area contributed by atoms with E-state index in [9.17, 15) is 14.4 Å². The van der Waals surface area contributed by atoms with Crippen molar-refractivity contribution >= 4 is 52.3 Å². The maximum absolute atomic E-state index is 13.9. The Balaban J connectivity index is 1.40. The lowest BCUT2D eigenvalue weighted by Gasteiger charge is -2.28. The number of carbonyl (C=O) groups is 3. The van der Waals surface area contributed by atoms with E-state index in [1.807, 2.05) is 66.7 Å². The number of halogens is 1. The number of nitrogens with one attached hydrogen (secondary N) is 1. The molecule has 1 aliphatic rings. The van der Waals surface area contributed by atoms with Gasteiger partial charge in [0.25, 0.3) is 11.8 Å². The van der Waals surface area contributed by atoms with E-state index in [0.29, 0.717) is 22.2 Å². The molecule has 0 unspecified atom stereocenters. The average molecular weight is 648 g/mol. The lowest BCUT2D eigenvalue weighted by Crippen LogP contribution is -2.42. The minimum Gasteiger partial charge on any atom is -0.457 e. The second-order valence-corrected chi connectivity index (χ2v) is 11.4. The minimum atomic E-state index is -0.737. The zero-order valence-corrected chi connectivity index (χ0v) is 26.5. The molecule has 4 aromatic rings. The van der Waals surface area contributed by atoms with Crippen LogP contribution in [-0.2, 0) is 14.4 Å². The largest absolute Gasteiger partial charge is 0.457 e. The van der Waals surface area contributed by atoms with Gasteiger partial charge in [0.05, 0.1) is 11.8 Å². The van der Waals surface area contributed by atoms with Gasteiger partial charge in [0.1, 0.15) is 17.1 Å². The van der Waals surface area contributed by atoms with Crippen molar-refractivity contribution in [1.29, 1.82) is 0 Å². The van der Waals surface area contributed by atoms with E-state index < -0.39 is 11.8 Å². The number of amidine groups is 1. The number of nitrogens with zero attached hydrogens (tertiary/aromatic N) is 2. The summed E-state index contributed by atoms with van der Waals surface area (Å²) in [4.78, 5) is 46.1. The van der Waals surface area contributed by atoms with Gasteiger partial charge in [0.2, 0.25) is 5.91 Å². The Morgan fingerprint density at radius 1 is 1.00 bits per heavy atom. The normalized spacial score (nSPS) is 14.7. The van der Waals surface area contributed by atoms with Crippen LogP contribution in [0.25, 0.3) is 17.4 Å². The molecule has 0 spiro atoms. The number of amides is 3. The summed E-state index contributed by atoms with van der Waals surface area (Å²) >= 11 is 7.12. The summed E-state index contributed by atoms with van der Waals surface area (Å²) in [6.07, 6.45) is 8.01. The monoisotopic (exact) mass is 647 g/mol. The van der Waals surface area contributed by atoms with Crippen LogP contribution in [0.5, 0.6) is 0 Å². The molecule has 0 radical (unpaired) electrons. The molecule has 0 bridgehead atoms. The molecule has 3 amide bonds. The van der Waals surface area contributed by atoms with E-state index >= 15 is 0 Å². The zero-order valence-electron chi connectivity index (χ0n) is 24.9. The van der Waals surface area contributed by atoms with Crippen LogP contribution < -0.4 is 5.32 Å². The molecule has 0 saturated heterocycles. The first-order valence-corrected chi connectivity index (χ1v) is 15.8. The van der Waals surface area contributed by atoms with Gasteiger partial charge in [-0.05, 0) is 54.5 Å². The molecule has 46 heavy (non-hydrogen) atoms. The molecule has 1 N–H and O–H groups in total. The molecule has 5 rings (SSSR count). The Hall–Kier alpha value is -5.18. The number of carbonyl (C=O) groups excluding carboxylic acids is 3. The Morgan fingerprint density at radius 2 is 1.70 bits per heavy atom. The van der Waals surface area contributed by atoms with E-state index in [4.69, 9.17) is 16.0 Å². The summed E-state index contributed by atoms with van der Waals surface area (Å²) in [7, 11) is 0. The molecule has 1 aliphatic heterocycles. The fourth-order valence-corrected chi connectivity index (χ4v) is 5.76. The Bertz CT molecular complexity index is 1840. The van der Waals surface area contributed by atoms with Gasteiger partial charge in [0.15, 0.2) is 5.17 Å². The van der Waals surface area contributed by atoms with Gasteiger partial charge in [-0.15, -0.1) is 0 Å². The smallest absolute Gasteiger partial charge is 0.285 e. The molecule has 0 saturated carbocycles. The van der Waals surface area contributed by atoms with E-state index in [0.717, 1.165) is 28.5 Å². The maximum atomic E-state index is 13.9. The number of allylic oxidation sites excluding steroid dienone is 4. The highest BCUT2D eigenvalue weighted by Crippen LogP contribution is 2.29. The van der Waals surface area contributed by atoms with Crippen LogP contribution in [0.3, 0.4) is 0 Å². The SMILES string of the molecule is C=C/C=C\C(=C/C)N1C(=O)/C(=C/c2ccc(-c3cccc(Cl)c3)o2)C(=O)N=C1SCC(=O)NC(c1ccccc1)c1ccccc1. The zero-order chi connectivity index (χ0) is 32.5. The number of rotatable bonds is 10. The highest BCUT2D eigenvalue weighted by molar-refractivity contribution is 8.14. The van der Waals surface area contributed by atoms with Gasteiger partial charge in [-0.2, -0.15) is 4.99 Å². The van der Waals surface area contributed by atoms with Crippen molar-refractivity contribution in [1.82, 2.24) is 10.2 Å². The predicted molar refractivity (Wildman–Crippen MR) is 185 cm³/mol. The number of aliphatic imine (C=N–C) groups is 1. The predicted octanol–water partition coefficient (Wildman–Crippen LogP) is 7.99. The molecule has 9 heteroatoms. The number of furan rings is 1. The van der Waals surface area contributed by atoms with E-state index in [2.05, 4.69) is 16.9 Å². The summed E-state index contributed by atoms with van der Waals surface area (Å²) < 4.78 is 5.92. The van der Waals surface area contributed by atoms with E-state index in [-0.39, 0.29) is 28.4 Å². The van der Waals surface area contributed by atoms with Crippen molar-refractivity contribution in [3.63, 3.8) is 0 Å². The molecule has 230 valence electrons. The first-order valence-electron chi connectivity index (χ1n) is 14.4. The Kier molecular flexibility index (Phi) is 10.7. The summed E-state index contributed by atoms with van der Waals surface area (Å²) in [5, 5.41) is 3.72. The van der Waals surface area contributed by atoms with Crippen molar-refractivity contribution in [2.45, 2.75) is 13.0 Å². The molecule has 0 atom stereocenters. The van der Waals surface area contributed by atoms with Crippen molar-refractivity contribution in [3.05, 3.63) is 161 Å². The second kappa shape index (κ2) is 15.2. The van der Waals surface area contributed by atoms with Gasteiger partial charge in [-0.25, -0.2) is 0 Å². The quantitative estimate of drug-likeness (QED) is 0.107. The molecule has 7 nitrogen and oxygen atoms in total. The molecular weight excluding hydrogens is 618 g/mol. The molecule has 0 aliphatic carbocycles. The fourth-order valence-electron chi connectivity index (χ4n) is 4.76. The Morgan fingerprint density at radius 3 is 2.33 bits per heavy atom.